The molecule has 0 spiro atoms. The van der Waals surface area contributed by atoms with Gasteiger partial charge >= 0.3 is 0 Å². The minimum atomic E-state index is -0.204. The van der Waals surface area contributed by atoms with Crippen molar-refractivity contribution in [3.05, 3.63) is 23.8 Å². The second kappa shape index (κ2) is 4.85. The lowest BCUT2D eigenvalue weighted by molar-refractivity contribution is -0.117. The van der Waals surface area contributed by atoms with Gasteiger partial charge in [-0.1, -0.05) is 13.0 Å². The Morgan fingerprint density at radius 1 is 1.47 bits per heavy atom. The molecule has 2 aliphatic heterocycles. The Balaban J connectivity index is 1.91. The molecule has 0 aliphatic carbocycles. The molecule has 1 amide bonds. The van der Waals surface area contributed by atoms with Crippen LogP contribution in [0, 0.1) is 0 Å². The van der Waals surface area contributed by atoms with Crippen molar-refractivity contribution in [1.82, 2.24) is 5.32 Å². The van der Waals surface area contributed by atoms with Crippen molar-refractivity contribution in [3.63, 3.8) is 0 Å². The third kappa shape index (κ3) is 2.00. The third-order valence-electron chi connectivity index (χ3n) is 4.34. The van der Waals surface area contributed by atoms with Crippen molar-refractivity contribution < 1.29 is 4.79 Å². The Labute approximate surface area is 114 Å². The molecular formula is C15H21N3O. The van der Waals surface area contributed by atoms with Crippen molar-refractivity contribution in [3.8, 4) is 0 Å². The summed E-state index contributed by atoms with van der Waals surface area (Å²) in [7, 11) is 1.82. The molecule has 0 saturated carbocycles. The summed E-state index contributed by atoms with van der Waals surface area (Å²) in [5.74, 6) is 0.0445. The largest absolute Gasteiger partial charge is 0.368 e. The zero-order chi connectivity index (χ0) is 13.4. The van der Waals surface area contributed by atoms with Gasteiger partial charge in [0, 0.05) is 29.5 Å². The first-order valence-electron chi connectivity index (χ1n) is 7.13. The highest BCUT2D eigenvalue weighted by Gasteiger charge is 2.30. The van der Waals surface area contributed by atoms with Gasteiger partial charge in [0.25, 0.3) is 0 Å². The summed E-state index contributed by atoms with van der Waals surface area (Å²) in [6.07, 6.45) is 3.72. The van der Waals surface area contributed by atoms with Gasteiger partial charge in [-0.15, -0.1) is 0 Å². The molecule has 0 bridgehead atoms. The number of nitrogens with one attached hydrogen (secondary N) is 2. The van der Waals surface area contributed by atoms with E-state index >= 15 is 0 Å². The van der Waals surface area contributed by atoms with Crippen molar-refractivity contribution in [2.45, 2.75) is 38.3 Å². The number of rotatable bonds is 3. The van der Waals surface area contributed by atoms with Crippen LogP contribution in [-0.2, 0) is 4.79 Å². The van der Waals surface area contributed by atoms with E-state index in [1.807, 2.05) is 7.05 Å². The van der Waals surface area contributed by atoms with Crippen molar-refractivity contribution >= 4 is 17.3 Å². The highest BCUT2D eigenvalue weighted by Crippen LogP contribution is 2.36. The van der Waals surface area contributed by atoms with E-state index in [-0.39, 0.29) is 11.9 Å². The van der Waals surface area contributed by atoms with E-state index in [9.17, 15) is 4.79 Å². The van der Waals surface area contributed by atoms with Gasteiger partial charge in [-0.2, -0.15) is 0 Å². The van der Waals surface area contributed by atoms with Crippen molar-refractivity contribution in [1.29, 1.82) is 0 Å². The fourth-order valence-electron chi connectivity index (χ4n) is 3.32. The van der Waals surface area contributed by atoms with Crippen LogP contribution in [0.2, 0.25) is 0 Å². The smallest absolute Gasteiger partial charge is 0.246 e. The number of benzene rings is 1. The second-order valence-corrected chi connectivity index (χ2v) is 5.38. The number of likely N-dealkylation sites (N-methyl/N-ethyl adjacent to an activating group) is 1. The Kier molecular flexibility index (Phi) is 3.19. The standard InChI is InChI=1S/C15H21N3O/c1-3-10-5-4-8-18(10)11-6-7-12-13(9-11)17-15(19)14(12)16-2/h6-7,9-10,14,16H,3-5,8H2,1-2H3,(H,17,19). The minimum absolute atomic E-state index is 0.0445. The van der Waals surface area contributed by atoms with Crippen LogP contribution >= 0.6 is 0 Å². The molecule has 0 radical (unpaired) electrons. The van der Waals surface area contributed by atoms with Gasteiger partial charge in [-0.25, -0.2) is 0 Å². The molecule has 1 fully saturated rings. The number of anilines is 2. The first-order chi connectivity index (χ1) is 9.24. The number of carbonyl (C=O) groups is 1. The second-order valence-electron chi connectivity index (χ2n) is 5.38. The number of hydrogen-bond acceptors (Lipinski definition) is 3. The lowest BCUT2D eigenvalue weighted by atomic mass is 10.1. The predicted octanol–water partition coefficient (Wildman–Crippen LogP) is 2.28. The summed E-state index contributed by atoms with van der Waals surface area (Å²) < 4.78 is 0. The van der Waals surface area contributed by atoms with E-state index in [0.717, 1.165) is 17.8 Å². The lowest BCUT2D eigenvalue weighted by Crippen LogP contribution is -2.28. The monoisotopic (exact) mass is 259 g/mol. The molecule has 2 heterocycles. The fraction of sp³-hybridized carbons (Fsp3) is 0.533. The molecule has 3 rings (SSSR count). The lowest BCUT2D eigenvalue weighted by Gasteiger charge is -2.26. The SMILES string of the molecule is CCC1CCCN1c1ccc2c(c1)NC(=O)C2NC. The molecule has 4 heteroatoms. The van der Waals surface area contributed by atoms with Crippen LogP contribution in [0.3, 0.4) is 0 Å². The molecule has 1 aromatic rings. The molecule has 0 aromatic heterocycles. The van der Waals surface area contributed by atoms with E-state index in [4.69, 9.17) is 0 Å². The van der Waals surface area contributed by atoms with E-state index < -0.39 is 0 Å². The fourth-order valence-corrected chi connectivity index (χ4v) is 3.32. The van der Waals surface area contributed by atoms with Crippen LogP contribution in [0.4, 0.5) is 11.4 Å². The molecule has 19 heavy (non-hydrogen) atoms. The number of fused-ring (bicyclic) bond motifs is 1. The highest BCUT2D eigenvalue weighted by molar-refractivity contribution is 6.03. The Hall–Kier alpha value is -1.55. The molecular weight excluding hydrogens is 238 g/mol. The van der Waals surface area contributed by atoms with Gasteiger partial charge in [0.2, 0.25) is 5.91 Å². The van der Waals surface area contributed by atoms with Crippen molar-refractivity contribution in [2.75, 3.05) is 23.8 Å². The van der Waals surface area contributed by atoms with Crippen LogP contribution in [0.25, 0.3) is 0 Å². The number of carbonyl (C=O) groups excluding carboxylic acids is 1. The summed E-state index contributed by atoms with van der Waals surface area (Å²) in [5, 5.41) is 6.02. The maximum absolute atomic E-state index is 11.8. The molecule has 1 aromatic carbocycles. The average Bonchev–Trinajstić information content (AvgIpc) is 3.00. The van der Waals surface area contributed by atoms with Crippen LogP contribution in [0.5, 0.6) is 0 Å². The van der Waals surface area contributed by atoms with Crippen LogP contribution < -0.4 is 15.5 Å². The van der Waals surface area contributed by atoms with Crippen LogP contribution in [0.15, 0.2) is 18.2 Å². The molecule has 2 aliphatic rings. The quantitative estimate of drug-likeness (QED) is 0.875. The first-order valence-corrected chi connectivity index (χ1v) is 7.13. The number of nitrogens with zero attached hydrogens (tertiary/aromatic N) is 1. The Morgan fingerprint density at radius 2 is 2.32 bits per heavy atom. The molecule has 2 N–H and O–H groups in total. The third-order valence-corrected chi connectivity index (χ3v) is 4.34. The van der Waals surface area contributed by atoms with Crippen LogP contribution in [-0.4, -0.2) is 25.5 Å². The van der Waals surface area contributed by atoms with E-state index in [1.165, 1.54) is 24.9 Å². The van der Waals surface area contributed by atoms with E-state index in [0.29, 0.717) is 6.04 Å². The zero-order valence-corrected chi connectivity index (χ0v) is 11.6. The van der Waals surface area contributed by atoms with Gasteiger partial charge < -0.3 is 15.5 Å². The molecule has 4 nitrogen and oxygen atoms in total. The summed E-state index contributed by atoms with van der Waals surface area (Å²) in [6.45, 7) is 3.37. The maximum Gasteiger partial charge on any atom is 0.246 e. The van der Waals surface area contributed by atoms with Gasteiger partial charge in [0.05, 0.1) is 0 Å². The minimum Gasteiger partial charge on any atom is -0.368 e. The van der Waals surface area contributed by atoms with Gasteiger partial charge in [0.15, 0.2) is 0 Å². The van der Waals surface area contributed by atoms with Gasteiger partial charge in [-0.3, -0.25) is 4.79 Å². The Bertz CT molecular complexity index is 500. The molecule has 2 unspecified atom stereocenters. The molecule has 1 saturated heterocycles. The van der Waals surface area contributed by atoms with Gasteiger partial charge in [0.1, 0.15) is 6.04 Å². The van der Waals surface area contributed by atoms with Gasteiger partial charge in [-0.05, 0) is 38.4 Å². The first kappa shape index (κ1) is 12.5. The van der Waals surface area contributed by atoms with Crippen molar-refractivity contribution in [2.24, 2.45) is 0 Å². The van der Waals surface area contributed by atoms with E-state index in [1.54, 1.807) is 0 Å². The predicted molar refractivity (Wildman–Crippen MR) is 77.5 cm³/mol. The van der Waals surface area contributed by atoms with Crippen LogP contribution in [0.1, 0.15) is 37.8 Å². The summed E-state index contributed by atoms with van der Waals surface area (Å²) >= 11 is 0. The maximum atomic E-state index is 11.8. The summed E-state index contributed by atoms with van der Waals surface area (Å²) in [4.78, 5) is 14.3. The number of hydrogen-bond donors (Lipinski definition) is 2. The normalized spacial score (nSPS) is 25.6. The molecule has 2 atom stereocenters. The summed E-state index contributed by atoms with van der Waals surface area (Å²) in [6, 6.07) is 6.80. The number of amides is 1. The Morgan fingerprint density at radius 3 is 3.05 bits per heavy atom. The zero-order valence-electron chi connectivity index (χ0n) is 11.6. The van der Waals surface area contributed by atoms with E-state index in [2.05, 4.69) is 40.7 Å². The highest BCUT2D eigenvalue weighted by atomic mass is 16.2. The topological polar surface area (TPSA) is 44.4 Å². The molecule has 102 valence electrons. The summed E-state index contributed by atoms with van der Waals surface area (Å²) in [5.41, 5.74) is 3.26. The average molecular weight is 259 g/mol.